The van der Waals surface area contributed by atoms with Gasteiger partial charge in [-0.05, 0) is 48.3 Å². The SMILES string of the molecule is Nc1noc(C2CCC(C(F)(F)F)CC2)c1I. The molecule has 17 heavy (non-hydrogen) atoms. The van der Waals surface area contributed by atoms with E-state index >= 15 is 0 Å². The predicted octanol–water partition coefficient (Wildman–Crippen LogP) is 3.70. The minimum absolute atomic E-state index is 0.0188. The van der Waals surface area contributed by atoms with Crippen molar-refractivity contribution in [1.29, 1.82) is 0 Å². The zero-order valence-electron chi connectivity index (χ0n) is 8.93. The van der Waals surface area contributed by atoms with E-state index in [-0.39, 0.29) is 18.8 Å². The quantitative estimate of drug-likeness (QED) is 0.778. The Morgan fingerprint density at radius 3 is 2.24 bits per heavy atom. The van der Waals surface area contributed by atoms with E-state index in [1.54, 1.807) is 0 Å². The van der Waals surface area contributed by atoms with Crippen molar-refractivity contribution in [1.82, 2.24) is 5.16 Å². The second-order valence-electron chi connectivity index (χ2n) is 4.34. The molecule has 1 saturated carbocycles. The van der Waals surface area contributed by atoms with Crippen LogP contribution in [0.2, 0.25) is 0 Å². The first-order valence-electron chi connectivity index (χ1n) is 5.37. The third kappa shape index (κ3) is 2.69. The summed E-state index contributed by atoms with van der Waals surface area (Å²) in [5.74, 6) is -0.191. The lowest BCUT2D eigenvalue weighted by atomic mass is 9.80. The summed E-state index contributed by atoms with van der Waals surface area (Å²) >= 11 is 2.02. The summed E-state index contributed by atoms with van der Waals surface area (Å²) in [6, 6.07) is 0. The minimum atomic E-state index is -4.07. The number of aromatic nitrogens is 1. The summed E-state index contributed by atoms with van der Waals surface area (Å²) in [5, 5.41) is 3.63. The Bertz CT molecular complexity index is 397. The van der Waals surface area contributed by atoms with Crippen LogP contribution < -0.4 is 5.73 Å². The number of nitrogens with two attached hydrogens (primary N) is 1. The Kier molecular flexibility index (Phi) is 3.55. The van der Waals surface area contributed by atoms with Crippen LogP contribution in [0.25, 0.3) is 0 Å². The van der Waals surface area contributed by atoms with Gasteiger partial charge in [-0.1, -0.05) is 5.16 Å². The van der Waals surface area contributed by atoms with Gasteiger partial charge in [-0.3, -0.25) is 0 Å². The number of alkyl halides is 3. The molecule has 0 atom stereocenters. The molecule has 1 aliphatic carbocycles. The smallest absolute Gasteiger partial charge is 0.380 e. The van der Waals surface area contributed by atoms with Crippen molar-refractivity contribution in [3.8, 4) is 0 Å². The monoisotopic (exact) mass is 360 g/mol. The van der Waals surface area contributed by atoms with E-state index < -0.39 is 12.1 Å². The van der Waals surface area contributed by atoms with Crippen molar-refractivity contribution in [2.75, 3.05) is 5.73 Å². The van der Waals surface area contributed by atoms with Crippen LogP contribution in [-0.2, 0) is 0 Å². The van der Waals surface area contributed by atoms with Gasteiger partial charge in [-0.15, -0.1) is 0 Å². The fourth-order valence-electron chi connectivity index (χ4n) is 2.24. The highest BCUT2D eigenvalue weighted by atomic mass is 127. The zero-order chi connectivity index (χ0) is 12.6. The van der Waals surface area contributed by atoms with E-state index in [0.717, 1.165) is 3.57 Å². The van der Waals surface area contributed by atoms with Crippen molar-refractivity contribution < 1.29 is 17.7 Å². The topological polar surface area (TPSA) is 52.0 Å². The van der Waals surface area contributed by atoms with E-state index in [0.29, 0.717) is 24.4 Å². The summed E-state index contributed by atoms with van der Waals surface area (Å²) in [4.78, 5) is 0. The lowest BCUT2D eigenvalue weighted by Gasteiger charge is -2.28. The van der Waals surface area contributed by atoms with E-state index in [1.807, 2.05) is 22.6 Å². The Hall–Kier alpha value is -0.470. The average molecular weight is 360 g/mol. The predicted molar refractivity (Wildman–Crippen MR) is 64.4 cm³/mol. The second-order valence-corrected chi connectivity index (χ2v) is 5.41. The van der Waals surface area contributed by atoms with Crippen LogP contribution in [0.5, 0.6) is 0 Å². The Labute approximate surface area is 110 Å². The van der Waals surface area contributed by atoms with Crippen LogP contribution >= 0.6 is 22.6 Å². The van der Waals surface area contributed by atoms with Crippen molar-refractivity contribution in [3.63, 3.8) is 0 Å². The summed E-state index contributed by atoms with van der Waals surface area (Å²) in [6.45, 7) is 0. The number of nitrogens with zero attached hydrogens (tertiary/aromatic N) is 1. The zero-order valence-corrected chi connectivity index (χ0v) is 11.1. The maximum atomic E-state index is 12.5. The average Bonchev–Trinajstić information content (AvgIpc) is 2.59. The maximum Gasteiger partial charge on any atom is 0.391 e. The molecule has 0 saturated heterocycles. The molecule has 1 aliphatic rings. The molecule has 0 spiro atoms. The lowest BCUT2D eigenvalue weighted by molar-refractivity contribution is -0.182. The third-order valence-corrected chi connectivity index (χ3v) is 4.33. The lowest BCUT2D eigenvalue weighted by Crippen LogP contribution is -2.27. The number of nitrogen functional groups attached to an aromatic ring is 1. The molecule has 0 aliphatic heterocycles. The number of hydrogen-bond acceptors (Lipinski definition) is 3. The Morgan fingerprint density at radius 1 is 1.24 bits per heavy atom. The Morgan fingerprint density at radius 2 is 1.82 bits per heavy atom. The molecule has 0 amide bonds. The molecule has 1 aromatic heterocycles. The largest absolute Gasteiger partial charge is 0.391 e. The van der Waals surface area contributed by atoms with Crippen LogP contribution in [0.1, 0.15) is 37.4 Å². The van der Waals surface area contributed by atoms with Gasteiger partial charge in [0.15, 0.2) is 11.6 Å². The summed E-state index contributed by atoms with van der Waals surface area (Å²) < 4.78 is 43.3. The molecule has 1 heterocycles. The molecular formula is C10H12F3IN2O. The highest BCUT2D eigenvalue weighted by Gasteiger charge is 2.42. The normalized spacial score (nSPS) is 26.1. The molecule has 0 aromatic carbocycles. The van der Waals surface area contributed by atoms with E-state index in [1.165, 1.54) is 0 Å². The first kappa shape index (κ1) is 13.0. The molecule has 2 N–H and O–H groups in total. The van der Waals surface area contributed by atoms with Gasteiger partial charge in [0.05, 0.1) is 9.49 Å². The molecule has 7 heteroatoms. The second kappa shape index (κ2) is 4.66. The molecular weight excluding hydrogens is 348 g/mol. The Balaban J connectivity index is 2.02. The van der Waals surface area contributed by atoms with Crippen LogP contribution in [0.15, 0.2) is 4.52 Å². The summed E-state index contributed by atoms with van der Waals surface area (Å²) in [7, 11) is 0. The van der Waals surface area contributed by atoms with Gasteiger partial charge in [-0.2, -0.15) is 13.2 Å². The highest BCUT2D eigenvalue weighted by Crippen LogP contribution is 2.44. The highest BCUT2D eigenvalue weighted by molar-refractivity contribution is 14.1. The van der Waals surface area contributed by atoms with Crippen molar-refractivity contribution in [2.45, 2.75) is 37.8 Å². The van der Waals surface area contributed by atoms with Gasteiger partial charge in [0.2, 0.25) is 0 Å². The number of halogens is 4. The van der Waals surface area contributed by atoms with E-state index in [9.17, 15) is 13.2 Å². The van der Waals surface area contributed by atoms with E-state index in [4.69, 9.17) is 10.3 Å². The maximum absolute atomic E-state index is 12.5. The fraction of sp³-hybridized carbons (Fsp3) is 0.700. The molecule has 0 unspecified atom stereocenters. The molecule has 0 bridgehead atoms. The summed E-state index contributed by atoms with van der Waals surface area (Å²) in [5.41, 5.74) is 5.55. The third-order valence-electron chi connectivity index (χ3n) is 3.24. The van der Waals surface area contributed by atoms with Gasteiger partial charge in [-0.25, -0.2) is 0 Å². The van der Waals surface area contributed by atoms with Crippen molar-refractivity contribution in [2.24, 2.45) is 5.92 Å². The van der Waals surface area contributed by atoms with E-state index in [2.05, 4.69) is 5.16 Å². The standard InChI is InChI=1S/C10H12F3IN2O/c11-10(12,13)6-3-1-5(2-4-6)8-7(14)9(15)16-17-8/h5-6H,1-4H2,(H2,15,16). The van der Waals surface area contributed by atoms with Crippen LogP contribution in [0, 0.1) is 9.49 Å². The summed E-state index contributed by atoms with van der Waals surface area (Å²) in [6.07, 6.45) is -2.79. The van der Waals surface area contributed by atoms with Crippen LogP contribution in [0.3, 0.4) is 0 Å². The van der Waals surface area contributed by atoms with Crippen LogP contribution in [-0.4, -0.2) is 11.3 Å². The van der Waals surface area contributed by atoms with Gasteiger partial charge < -0.3 is 10.3 Å². The van der Waals surface area contributed by atoms with Crippen molar-refractivity contribution in [3.05, 3.63) is 9.33 Å². The van der Waals surface area contributed by atoms with Crippen LogP contribution in [0.4, 0.5) is 19.0 Å². The first-order chi connectivity index (χ1) is 7.89. The van der Waals surface area contributed by atoms with Gasteiger partial charge in [0, 0.05) is 5.92 Å². The molecule has 3 nitrogen and oxygen atoms in total. The molecule has 96 valence electrons. The first-order valence-corrected chi connectivity index (χ1v) is 6.44. The number of anilines is 1. The minimum Gasteiger partial charge on any atom is -0.380 e. The molecule has 1 fully saturated rings. The van der Waals surface area contributed by atoms with Gasteiger partial charge in [0.25, 0.3) is 0 Å². The van der Waals surface area contributed by atoms with Crippen molar-refractivity contribution >= 4 is 28.4 Å². The van der Waals surface area contributed by atoms with Gasteiger partial charge in [0.1, 0.15) is 0 Å². The van der Waals surface area contributed by atoms with Gasteiger partial charge >= 0.3 is 6.18 Å². The molecule has 1 aromatic rings. The number of hydrogen-bond donors (Lipinski definition) is 1. The number of rotatable bonds is 1. The molecule has 0 radical (unpaired) electrons. The molecule has 2 rings (SSSR count). The fourth-order valence-corrected chi connectivity index (χ4v) is 2.88.